The molecule has 0 unspecified atom stereocenters. The summed E-state index contributed by atoms with van der Waals surface area (Å²) in [6, 6.07) is 1.87. The van der Waals surface area contributed by atoms with Gasteiger partial charge in [0.15, 0.2) is 0 Å². The minimum absolute atomic E-state index is 0.169. The Morgan fingerprint density at radius 3 is 2.76 bits per heavy atom. The summed E-state index contributed by atoms with van der Waals surface area (Å²) >= 11 is 0. The molecule has 0 spiro atoms. The molecule has 0 aromatic carbocycles. The Morgan fingerprint density at radius 1 is 1.29 bits per heavy atom. The van der Waals surface area contributed by atoms with Crippen molar-refractivity contribution in [3.8, 4) is 0 Å². The average Bonchev–Trinajstić information content (AvgIpc) is 3.04. The van der Waals surface area contributed by atoms with Crippen LogP contribution in [0.5, 0.6) is 0 Å². The van der Waals surface area contributed by atoms with Crippen molar-refractivity contribution in [3.63, 3.8) is 0 Å². The molecule has 1 aromatic rings. The molecule has 0 radical (unpaired) electrons. The Balaban J connectivity index is 1.80. The summed E-state index contributed by atoms with van der Waals surface area (Å²) in [5.41, 5.74) is 1.15. The fraction of sp³-hybridized carbons (Fsp3) is 0.688. The molecule has 114 valence electrons. The number of carbonyl (C=O) groups excluding carboxylic acids is 1. The fourth-order valence-electron chi connectivity index (χ4n) is 3.47. The van der Waals surface area contributed by atoms with Crippen molar-refractivity contribution in [1.29, 1.82) is 0 Å². The van der Waals surface area contributed by atoms with Gasteiger partial charge in [0.2, 0.25) is 11.9 Å². The molecule has 21 heavy (non-hydrogen) atoms. The van der Waals surface area contributed by atoms with Gasteiger partial charge in [-0.15, -0.1) is 0 Å². The molecule has 5 heteroatoms. The van der Waals surface area contributed by atoms with E-state index in [4.69, 9.17) is 4.98 Å². The Kier molecular flexibility index (Phi) is 4.08. The summed E-state index contributed by atoms with van der Waals surface area (Å²) in [4.78, 5) is 25.4. The molecule has 2 aliphatic rings. The van der Waals surface area contributed by atoms with Crippen LogP contribution in [0.15, 0.2) is 12.3 Å². The summed E-state index contributed by atoms with van der Waals surface area (Å²) in [5.74, 6) is 1.48. The average molecular weight is 288 g/mol. The highest BCUT2D eigenvalue weighted by atomic mass is 16.2. The van der Waals surface area contributed by atoms with E-state index in [-0.39, 0.29) is 11.9 Å². The van der Waals surface area contributed by atoms with Gasteiger partial charge in [0, 0.05) is 37.4 Å². The molecule has 3 rings (SSSR count). The highest BCUT2D eigenvalue weighted by Crippen LogP contribution is 2.33. The van der Waals surface area contributed by atoms with Gasteiger partial charge in [-0.05, 0) is 32.8 Å². The Labute approximate surface area is 126 Å². The zero-order chi connectivity index (χ0) is 14.8. The van der Waals surface area contributed by atoms with Crippen LogP contribution in [0.2, 0.25) is 0 Å². The van der Waals surface area contributed by atoms with Gasteiger partial charge in [-0.25, -0.2) is 9.97 Å². The van der Waals surface area contributed by atoms with E-state index in [0.717, 1.165) is 31.3 Å². The summed E-state index contributed by atoms with van der Waals surface area (Å²) in [5, 5.41) is 0. The zero-order valence-corrected chi connectivity index (χ0v) is 13.0. The van der Waals surface area contributed by atoms with Crippen molar-refractivity contribution in [3.05, 3.63) is 18.0 Å². The lowest BCUT2D eigenvalue weighted by molar-refractivity contribution is -0.133. The lowest BCUT2D eigenvalue weighted by Gasteiger charge is -2.38. The second-order valence-electron chi connectivity index (χ2n) is 6.05. The molecule has 2 heterocycles. The Hall–Kier alpha value is -1.65. The van der Waals surface area contributed by atoms with Crippen LogP contribution in [-0.4, -0.2) is 46.5 Å². The Morgan fingerprint density at radius 2 is 2.05 bits per heavy atom. The van der Waals surface area contributed by atoms with Crippen LogP contribution in [0, 0.1) is 0 Å². The van der Waals surface area contributed by atoms with E-state index in [9.17, 15) is 4.79 Å². The van der Waals surface area contributed by atoms with E-state index in [1.165, 1.54) is 25.7 Å². The van der Waals surface area contributed by atoms with Gasteiger partial charge in [0.05, 0.1) is 0 Å². The van der Waals surface area contributed by atoms with Crippen molar-refractivity contribution in [1.82, 2.24) is 14.9 Å². The van der Waals surface area contributed by atoms with E-state index < -0.39 is 0 Å². The normalized spacial score (nSPS) is 23.9. The van der Waals surface area contributed by atoms with Gasteiger partial charge in [0.25, 0.3) is 0 Å². The smallest absolute Gasteiger partial charge is 0.245 e. The van der Waals surface area contributed by atoms with E-state index in [2.05, 4.69) is 4.98 Å². The maximum atomic E-state index is 12.3. The van der Waals surface area contributed by atoms with Crippen molar-refractivity contribution in [2.45, 2.75) is 51.5 Å². The first-order chi connectivity index (χ1) is 10.2. The van der Waals surface area contributed by atoms with Crippen LogP contribution < -0.4 is 4.90 Å². The maximum absolute atomic E-state index is 12.3. The largest absolute Gasteiger partial charge is 0.339 e. The van der Waals surface area contributed by atoms with E-state index >= 15 is 0 Å². The highest BCUT2D eigenvalue weighted by molar-refractivity contribution is 5.85. The number of hydrogen-bond acceptors (Lipinski definition) is 4. The second kappa shape index (κ2) is 6.00. The first-order valence-electron chi connectivity index (χ1n) is 8.09. The molecular weight excluding hydrogens is 264 g/mol. The van der Waals surface area contributed by atoms with Gasteiger partial charge < -0.3 is 9.80 Å². The van der Waals surface area contributed by atoms with Crippen molar-refractivity contribution >= 4 is 11.9 Å². The molecule has 1 atom stereocenters. The standard InChI is InChI=1S/C16H24N4O/c1-3-19-10-11-20(12(2)15(19)21)16-17-9-8-14(18-16)13-6-4-5-7-13/h8-9,12-13H,3-7,10-11H2,1-2H3/t12-/m0/s1. The number of likely N-dealkylation sites (N-methyl/N-ethyl adjacent to an activating group) is 1. The summed E-state index contributed by atoms with van der Waals surface area (Å²) in [6.07, 6.45) is 6.91. The summed E-state index contributed by atoms with van der Waals surface area (Å²) in [6.45, 7) is 6.33. The molecule has 0 bridgehead atoms. The van der Waals surface area contributed by atoms with E-state index in [1.54, 1.807) is 0 Å². The van der Waals surface area contributed by atoms with Crippen molar-refractivity contribution < 1.29 is 4.79 Å². The van der Waals surface area contributed by atoms with Crippen LogP contribution >= 0.6 is 0 Å². The Bertz CT molecular complexity index is 513. The summed E-state index contributed by atoms with van der Waals surface area (Å²) in [7, 11) is 0. The number of hydrogen-bond donors (Lipinski definition) is 0. The molecule has 1 saturated heterocycles. The molecular formula is C16H24N4O. The van der Waals surface area contributed by atoms with Gasteiger partial charge in [-0.1, -0.05) is 12.8 Å². The van der Waals surface area contributed by atoms with Crippen LogP contribution in [0.3, 0.4) is 0 Å². The third kappa shape index (κ3) is 2.74. The second-order valence-corrected chi connectivity index (χ2v) is 6.05. The topological polar surface area (TPSA) is 49.3 Å². The monoisotopic (exact) mass is 288 g/mol. The maximum Gasteiger partial charge on any atom is 0.245 e. The third-order valence-electron chi connectivity index (χ3n) is 4.82. The van der Waals surface area contributed by atoms with Gasteiger partial charge in [-0.2, -0.15) is 0 Å². The quantitative estimate of drug-likeness (QED) is 0.855. The molecule has 1 saturated carbocycles. The SMILES string of the molecule is CCN1CCN(c2nccc(C3CCCC3)n2)[C@@H](C)C1=O. The van der Waals surface area contributed by atoms with E-state index in [0.29, 0.717) is 5.92 Å². The number of anilines is 1. The molecule has 2 fully saturated rings. The van der Waals surface area contributed by atoms with Crippen LogP contribution in [0.1, 0.15) is 51.1 Å². The number of aromatic nitrogens is 2. The number of nitrogens with zero attached hydrogens (tertiary/aromatic N) is 4. The first kappa shape index (κ1) is 14.3. The molecule has 1 aliphatic heterocycles. The lowest BCUT2D eigenvalue weighted by atomic mass is 10.0. The predicted molar refractivity (Wildman–Crippen MR) is 82.3 cm³/mol. The number of rotatable bonds is 3. The van der Waals surface area contributed by atoms with Crippen molar-refractivity contribution in [2.75, 3.05) is 24.5 Å². The minimum atomic E-state index is -0.169. The highest BCUT2D eigenvalue weighted by Gasteiger charge is 2.32. The molecule has 0 N–H and O–H groups in total. The van der Waals surface area contributed by atoms with Gasteiger partial charge >= 0.3 is 0 Å². The minimum Gasteiger partial charge on any atom is -0.339 e. The number of carbonyl (C=O) groups is 1. The van der Waals surface area contributed by atoms with Crippen LogP contribution in [0.4, 0.5) is 5.95 Å². The van der Waals surface area contributed by atoms with Crippen LogP contribution in [0.25, 0.3) is 0 Å². The number of amides is 1. The van der Waals surface area contributed by atoms with Crippen LogP contribution in [-0.2, 0) is 4.79 Å². The van der Waals surface area contributed by atoms with Gasteiger partial charge in [-0.3, -0.25) is 4.79 Å². The molecule has 1 aromatic heterocycles. The summed E-state index contributed by atoms with van der Waals surface area (Å²) < 4.78 is 0. The molecule has 5 nitrogen and oxygen atoms in total. The van der Waals surface area contributed by atoms with E-state index in [1.807, 2.05) is 35.9 Å². The third-order valence-corrected chi connectivity index (χ3v) is 4.82. The van der Waals surface area contributed by atoms with Crippen molar-refractivity contribution in [2.24, 2.45) is 0 Å². The lowest BCUT2D eigenvalue weighted by Crippen LogP contribution is -2.56. The molecule has 1 amide bonds. The first-order valence-corrected chi connectivity index (χ1v) is 8.09. The predicted octanol–water partition coefficient (Wildman–Crippen LogP) is 2.19. The van der Waals surface area contributed by atoms with Gasteiger partial charge in [0.1, 0.15) is 6.04 Å². The zero-order valence-electron chi connectivity index (χ0n) is 13.0. The number of piperazine rings is 1. The molecule has 1 aliphatic carbocycles. The fourth-order valence-corrected chi connectivity index (χ4v) is 3.47.